The Labute approximate surface area is 169 Å². The van der Waals surface area contributed by atoms with Gasteiger partial charge < -0.3 is 9.88 Å². The Bertz CT molecular complexity index is 911. The zero-order valence-corrected chi connectivity index (χ0v) is 16.5. The van der Waals surface area contributed by atoms with Crippen molar-refractivity contribution in [2.24, 2.45) is 11.8 Å². The van der Waals surface area contributed by atoms with Crippen molar-refractivity contribution in [3.8, 4) is 0 Å². The topological polar surface area (TPSA) is 86.4 Å². The van der Waals surface area contributed by atoms with E-state index in [2.05, 4.69) is 9.97 Å². The number of aromatic nitrogens is 2. The van der Waals surface area contributed by atoms with Gasteiger partial charge in [0.2, 0.25) is 17.7 Å². The fraction of sp³-hybridized carbons (Fsp3) is 0.545. The fourth-order valence-electron chi connectivity index (χ4n) is 5.28. The first-order valence-corrected chi connectivity index (χ1v) is 10.7. The van der Waals surface area contributed by atoms with Crippen molar-refractivity contribution in [1.29, 1.82) is 0 Å². The van der Waals surface area contributed by atoms with Crippen LogP contribution in [-0.2, 0) is 14.4 Å². The molecule has 1 aromatic heterocycles. The summed E-state index contributed by atoms with van der Waals surface area (Å²) in [5.74, 6) is 0.369. The number of likely N-dealkylation sites (tertiary alicyclic amines) is 2. The first-order chi connectivity index (χ1) is 14.1. The maximum atomic E-state index is 13.0. The van der Waals surface area contributed by atoms with Crippen molar-refractivity contribution in [2.45, 2.75) is 51.0 Å². The van der Waals surface area contributed by atoms with Crippen LogP contribution in [0.4, 0.5) is 0 Å². The molecule has 7 heteroatoms. The van der Waals surface area contributed by atoms with Gasteiger partial charge in [0.05, 0.1) is 28.9 Å². The molecule has 29 heavy (non-hydrogen) atoms. The Morgan fingerprint density at radius 2 is 1.76 bits per heavy atom. The van der Waals surface area contributed by atoms with Crippen LogP contribution in [0.1, 0.15) is 56.8 Å². The van der Waals surface area contributed by atoms with Crippen LogP contribution in [0, 0.1) is 11.8 Å². The van der Waals surface area contributed by atoms with Crippen molar-refractivity contribution < 1.29 is 14.4 Å². The normalized spacial score (nSPS) is 27.1. The molecule has 1 saturated carbocycles. The van der Waals surface area contributed by atoms with Crippen molar-refractivity contribution >= 4 is 28.8 Å². The van der Waals surface area contributed by atoms with Crippen molar-refractivity contribution in [3.63, 3.8) is 0 Å². The van der Waals surface area contributed by atoms with E-state index in [1.54, 1.807) is 0 Å². The van der Waals surface area contributed by atoms with E-state index in [0.717, 1.165) is 55.4 Å². The molecule has 1 aromatic carbocycles. The third kappa shape index (κ3) is 3.12. The molecule has 1 N–H and O–H groups in total. The lowest BCUT2D eigenvalue weighted by atomic mass is 9.81. The summed E-state index contributed by atoms with van der Waals surface area (Å²) in [6, 6.07) is 7.79. The summed E-state index contributed by atoms with van der Waals surface area (Å²) in [6.07, 6.45) is 5.63. The number of hydrogen-bond donors (Lipinski definition) is 1. The fourth-order valence-corrected chi connectivity index (χ4v) is 5.28. The lowest BCUT2D eigenvalue weighted by Gasteiger charge is -2.24. The first-order valence-electron chi connectivity index (χ1n) is 10.7. The number of nitrogens with one attached hydrogen (secondary N) is 1. The van der Waals surface area contributed by atoms with Crippen LogP contribution in [-0.4, -0.2) is 50.6 Å². The molecule has 2 aliphatic heterocycles. The molecule has 3 amide bonds. The SMILES string of the molecule is O=C1[C@H]2CCCC[C@@H]2C(=O)N1CCC(=O)N1CCC[C@@H]1c1nc2ccccc2[nH]1. The Hall–Kier alpha value is -2.70. The van der Waals surface area contributed by atoms with Crippen LogP contribution in [0.5, 0.6) is 0 Å². The highest BCUT2D eigenvalue weighted by Crippen LogP contribution is 2.38. The Kier molecular flexibility index (Phi) is 4.60. The van der Waals surface area contributed by atoms with E-state index < -0.39 is 0 Å². The molecule has 0 bridgehead atoms. The van der Waals surface area contributed by atoms with Gasteiger partial charge in [-0.3, -0.25) is 19.3 Å². The van der Waals surface area contributed by atoms with Crippen molar-refractivity contribution in [1.82, 2.24) is 19.8 Å². The zero-order chi connectivity index (χ0) is 20.0. The summed E-state index contributed by atoms with van der Waals surface area (Å²) in [6.45, 7) is 0.889. The minimum atomic E-state index is -0.151. The van der Waals surface area contributed by atoms with Crippen LogP contribution in [0.25, 0.3) is 11.0 Å². The van der Waals surface area contributed by atoms with Crippen LogP contribution in [0.2, 0.25) is 0 Å². The maximum Gasteiger partial charge on any atom is 0.233 e. The number of carbonyl (C=O) groups is 3. The highest BCUT2D eigenvalue weighted by atomic mass is 16.2. The highest BCUT2D eigenvalue weighted by Gasteiger charge is 2.48. The Balaban J connectivity index is 1.26. The van der Waals surface area contributed by atoms with Crippen LogP contribution in [0.15, 0.2) is 24.3 Å². The second-order valence-corrected chi connectivity index (χ2v) is 8.46. The van der Waals surface area contributed by atoms with Gasteiger partial charge in [0, 0.05) is 19.5 Å². The molecule has 1 aliphatic carbocycles. The number of hydrogen-bond acceptors (Lipinski definition) is 4. The molecule has 3 heterocycles. The molecule has 0 unspecified atom stereocenters. The van der Waals surface area contributed by atoms with Crippen molar-refractivity contribution in [2.75, 3.05) is 13.1 Å². The monoisotopic (exact) mass is 394 g/mol. The summed E-state index contributed by atoms with van der Waals surface area (Å²) in [7, 11) is 0. The minimum Gasteiger partial charge on any atom is -0.340 e. The molecule has 3 aliphatic rings. The van der Waals surface area contributed by atoms with Crippen LogP contribution < -0.4 is 0 Å². The predicted octanol–water partition coefficient (Wildman–Crippen LogP) is 2.79. The molecule has 0 spiro atoms. The van der Waals surface area contributed by atoms with E-state index in [0.29, 0.717) is 6.54 Å². The van der Waals surface area contributed by atoms with Gasteiger partial charge in [0.25, 0.3) is 0 Å². The summed E-state index contributed by atoms with van der Waals surface area (Å²) in [5.41, 5.74) is 1.87. The number of H-pyrrole nitrogens is 1. The summed E-state index contributed by atoms with van der Waals surface area (Å²) in [4.78, 5) is 49.5. The summed E-state index contributed by atoms with van der Waals surface area (Å²) in [5, 5.41) is 0. The van der Waals surface area contributed by atoms with E-state index in [4.69, 9.17) is 0 Å². The number of aromatic amines is 1. The molecule has 0 radical (unpaired) electrons. The highest BCUT2D eigenvalue weighted by molar-refractivity contribution is 6.05. The molecule has 2 aromatic rings. The van der Waals surface area contributed by atoms with Gasteiger partial charge in [-0.2, -0.15) is 0 Å². The van der Waals surface area contributed by atoms with E-state index in [-0.39, 0.29) is 48.6 Å². The lowest BCUT2D eigenvalue weighted by molar-refractivity contribution is -0.141. The number of carbonyl (C=O) groups excluding carboxylic acids is 3. The molecule has 152 valence electrons. The number of nitrogens with zero attached hydrogens (tertiary/aromatic N) is 3. The molecule has 2 saturated heterocycles. The number of amides is 3. The summed E-state index contributed by atoms with van der Waals surface area (Å²) < 4.78 is 0. The summed E-state index contributed by atoms with van der Waals surface area (Å²) >= 11 is 0. The average Bonchev–Trinajstić information content (AvgIpc) is 3.44. The standard InChI is InChI=1S/C22H26N4O3/c27-19(11-13-26-21(28)14-6-1-2-7-15(14)22(26)29)25-12-5-10-18(25)20-23-16-8-3-4-9-17(16)24-20/h3-4,8-9,14-15,18H,1-2,5-7,10-13H2,(H,23,24)/t14-,15-,18+/m0/s1. The number of fused-ring (bicyclic) bond motifs is 2. The average molecular weight is 394 g/mol. The lowest BCUT2D eigenvalue weighted by Crippen LogP contribution is -2.37. The van der Waals surface area contributed by atoms with Crippen LogP contribution >= 0.6 is 0 Å². The van der Waals surface area contributed by atoms with E-state index in [1.165, 1.54) is 4.90 Å². The molecule has 7 nitrogen and oxygen atoms in total. The molecule has 3 fully saturated rings. The largest absolute Gasteiger partial charge is 0.340 e. The minimum absolute atomic E-state index is 0.0107. The van der Waals surface area contributed by atoms with Gasteiger partial charge in [-0.1, -0.05) is 25.0 Å². The zero-order valence-electron chi connectivity index (χ0n) is 16.5. The van der Waals surface area contributed by atoms with E-state index in [1.807, 2.05) is 29.2 Å². The van der Waals surface area contributed by atoms with Gasteiger partial charge in [0.1, 0.15) is 5.82 Å². The molecular formula is C22H26N4O3. The number of benzene rings is 1. The molecule has 3 atom stereocenters. The van der Waals surface area contributed by atoms with Gasteiger partial charge in [-0.05, 0) is 37.8 Å². The van der Waals surface area contributed by atoms with Crippen LogP contribution in [0.3, 0.4) is 0 Å². The van der Waals surface area contributed by atoms with Gasteiger partial charge in [-0.25, -0.2) is 4.98 Å². The van der Waals surface area contributed by atoms with Gasteiger partial charge in [0.15, 0.2) is 0 Å². The molecular weight excluding hydrogens is 368 g/mol. The second kappa shape index (κ2) is 7.28. The Morgan fingerprint density at radius 1 is 1.03 bits per heavy atom. The number of para-hydroxylation sites is 2. The first kappa shape index (κ1) is 18.3. The smallest absolute Gasteiger partial charge is 0.233 e. The predicted molar refractivity (Wildman–Crippen MR) is 107 cm³/mol. The van der Waals surface area contributed by atoms with E-state index >= 15 is 0 Å². The maximum absolute atomic E-state index is 13.0. The van der Waals surface area contributed by atoms with Crippen molar-refractivity contribution in [3.05, 3.63) is 30.1 Å². The third-order valence-electron chi connectivity index (χ3n) is 6.78. The van der Waals surface area contributed by atoms with Gasteiger partial charge >= 0.3 is 0 Å². The van der Waals surface area contributed by atoms with E-state index in [9.17, 15) is 14.4 Å². The number of imide groups is 1. The number of imidazole rings is 1. The Morgan fingerprint density at radius 3 is 2.48 bits per heavy atom. The molecule has 5 rings (SSSR count). The second-order valence-electron chi connectivity index (χ2n) is 8.46. The number of rotatable bonds is 4. The van der Waals surface area contributed by atoms with Gasteiger partial charge in [-0.15, -0.1) is 0 Å². The third-order valence-corrected chi connectivity index (χ3v) is 6.78. The quantitative estimate of drug-likeness (QED) is 0.808.